The maximum absolute atomic E-state index is 13.7. The molecule has 0 aromatic heterocycles. The van der Waals surface area contributed by atoms with E-state index in [2.05, 4.69) is 5.32 Å². The molecule has 5 N–H and O–H groups in total. The standard InChI is InChI=1S/C26H29NO8/c1-11(2)7-17(30)27-15-6-5-13-8-14-9-25(4)10-16(29)18(12(3)28)23(33)26(25,35)24(34)20(14)22(32)19(13)21(15)31/h5-6,11,14,31-33,35H,7-10H2,1-4H3,(H,27,30)/t14-,25-,26+/m0/s1. The maximum Gasteiger partial charge on any atom is 0.224 e. The van der Waals surface area contributed by atoms with Gasteiger partial charge in [-0.25, -0.2) is 0 Å². The number of carbonyl (C=O) groups is 4. The number of benzene rings is 1. The van der Waals surface area contributed by atoms with Gasteiger partial charge < -0.3 is 25.7 Å². The first kappa shape index (κ1) is 24.7. The fraction of sp³-hybridized carbons (Fsp3) is 0.462. The molecule has 1 saturated carbocycles. The van der Waals surface area contributed by atoms with Gasteiger partial charge in [0.2, 0.25) is 11.7 Å². The van der Waals surface area contributed by atoms with Gasteiger partial charge in [-0.15, -0.1) is 0 Å². The van der Waals surface area contributed by atoms with Crippen LogP contribution < -0.4 is 5.32 Å². The molecule has 4 rings (SSSR count). The van der Waals surface area contributed by atoms with Crippen molar-refractivity contribution in [1.29, 1.82) is 0 Å². The fourth-order valence-electron chi connectivity index (χ4n) is 5.78. The van der Waals surface area contributed by atoms with E-state index in [9.17, 15) is 39.6 Å². The lowest BCUT2D eigenvalue weighted by atomic mass is 9.52. The highest BCUT2D eigenvalue weighted by molar-refractivity contribution is 6.23. The first-order valence-electron chi connectivity index (χ1n) is 11.6. The van der Waals surface area contributed by atoms with Crippen LogP contribution in [0.2, 0.25) is 0 Å². The molecule has 186 valence electrons. The van der Waals surface area contributed by atoms with E-state index in [1.807, 2.05) is 13.8 Å². The van der Waals surface area contributed by atoms with E-state index in [-0.39, 0.29) is 54.3 Å². The number of allylic oxidation sites excluding steroid dienone is 1. The molecule has 1 amide bonds. The number of phenols is 1. The number of amides is 1. The zero-order valence-corrected chi connectivity index (χ0v) is 20.1. The lowest BCUT2D eigenvalue weighted by Gasteiger charge is -2.52. The molecule has 0 heterocycles. The van der Waals surface area contributed by atoms with Crippen molar-refractivity contribution in [1.82, 2.24) is 0 Å². The molecule has 0 spiro atoms. The Morgan fingerprint density at radius 2 is 1.83 bits per heavy atom. The second-order valence-electron chi connectivity index (χ2n) is 10.5. The zero-order chi connectivity index (χ0) is 26.0. The number of hydrogen-bond acceptors (Lipinski definition) is 8. The molecule has 1 aromatic rings. The molecular weight excluding hydrogens is 454 g/mol. The number of aliphatic hydroxyl groups is 3. The van der Waals surface area contributed by atoms with Gasteiger partial charge in [-0.3, -0.25) is 19.2 Å². The van der Waals surface area contributed by atoms with Crippen LogP contribution in [0.1, 0.15) is 58.1 Å². The number of hydrogen-bond donors (Lipinski definition) is 5. The largest absolute Gasteiger partial charge is 0.508 e. The number of rotatable bonds is 4. The van der Waals surface area contributed by atoms with Gasteiger partial charge in [0.05, 0.1) is 11.3 Å². The van der Waals surface area contributed by atoms with Crippen LogP contribution in [-0.2, 0) is 25.6 Å². The number of nitrogens with one attached hydrogen (secondary N) is 1. The first-order chi connectivity index (χ1) is 16.2. The van der Waals surface area contributed by atoms with Crippen LogP contribution in [0.4, 0.5) is 5.69 Å². The summed E-state index contributed by atoms with van der Waals surface area (Å²) < 4.78 is 0. The average Bonchev–Trinajstić information content (AvgIpc) is 2.72. The van der Waals surface area contributed by atoms with E-state index in [1.165, 1.54) is 13.0 Å². The second kappa shape index (κ2) is 8.05. The quantitative estimate of drug-likeness (QED) is 0.323. The van der Waals surface area contributed by atoms with Crippen LogP contribution in [0.25, 0.3) is 5.76 Å². The predicted octanol–water partition coefficient (Wildman–Crippen LogP) is 2.90. The summed E-state index contributed by atoms with van der Waals surface area (Å²) in [7, 11) is 0. The topological polar surface area (TPSA) is 161 Å². The Hall–Kier alpha value is -3.46. The van der Waals surface area contributed by atoms with Gasteiger partial charge in [0.15, 0.2) is 17.2 Å². The molecule has 3 aliphatic rings. The molecule has 1 fully saturated rings. The van der Waals surface area contributed by atoms with Gasteiger partial charge in [0.25, 0.3) is 0 Å². The van der Waals surface area contributed by atoms with Crippen molar-refractivity contribution in [2.24, 2.45) is 17.3 Å². The lowest BCUT2D eigenvalue weighted by Crippen LogP contribution is -2.63. The highest BCUT2D eigenvalue weighted by atomic mass is 16.3. The Morgan fingerprint density at radius 1 is 1.17 bits per heavy atom. The lowest BCUT2D eigenvalue weighted by molar-refractivity contribution is -0.161. The van der Waals surface area contributed by atoms with Crippen molar-refractivity contribution in [3.8, 4) is 5.75 Å². The minimum atomic E-state index is -2.59. The molecule has 3 atom stereocenters. The normalized spacial score (nSPS) is 28.0. The van der Waals surface area contributed by atoms with Gasteiger partial charge in [-0.1, -0.05) is 26.8 Å². The summed E-state index contributed by atoms with van der Waals surface area (Å²) in [5.74, 6) is -5.26. The molecule has 3 aliphatic carbocycles. The molecule has 1 aromatic carbocycles. The van der Waals surface area contributed by atoms with Crippen LogP contribution >= 0.6 is 0 Å². The Kier molecular flexibility index (Phi) is 5.67. The number of anilines is 1. The molecule has 0 bridgehead atoms. The van der Waals surface area contributed by atoms with E-state index in [4.69, 9.17) is 0 Å². The van der Waals surface area contributed by atoms with Gasteiger partial charge >= 0.3 is 0 Å². The van der Waals surface area contributed by atoms with E-state index < -0.39 is 57.1 Å². The summed E-state index contributed by atoms with van der Waals surface area (Å²) in [6, 6.07) is 3.16. The van der Waals surface area contributed by atoms with E-state index >= 15 is 0 Å². The highest BCUT2D eigenvalue weighted by Crippen LogP contribution is 2.58. The Morgan fingerprint density at radius 3 is 2.43 bits per heavy atom. The SMILES string of the molecule is CC(=O)C1=C(O)[C@@]2(O)C(=O)C3=C(O)c4c(ccc(NC(=O)CC(C)C)c4O)C[C@H]3C[C@@]2(C)CC1=O. The number of phenolic OH excluding ortho intramolecular Hbond substituents is 1. The molecule has 9 heteroatoms. The third kappa shape index (κ3) is 3.48. The third-order valence-corrected chi connectivity index (χ3v) is 7.40. The van der Waals surface area contributed by atoms with E-state index in [0.717, 1.165) is 6.92 Å². The zero-order valence-electron chi connectivity index (χ0n) is 20.1. The smallest absolute Gasteiger partial charge is 0.224 e. The fourth-order valence-corrected chi connectivity index (χ4v) is 5.78. The van der Waals surface area contributed by atoms with Crippen molar-refractivity contribution >= 4 is 34.7 Å². The molecule has 0 radical (unpaired) electrons. The summed E-state index contributed by atoms with van der Waals surface area (Å²) in [5, 5.41) is 47.0. The Labute approximate surface area is 202 Å². The van der Waals surface area contributed by atoms with Crippen molar-refractivity contribution in [3.05, 3.63) is 40.2 Å². The predicted molar refractivity (Wildman–Crippen MR) is 126 cm³/mol. The van der Waals surface area contributed by atoms with Crippen LogP contribution in [-0.4, -0.2) is 49.3 Å². The Balaban J connectivity index is 1.85. The molecule has 0 saturated heterocycles. The van der Waals surface area contributed by atoms with Crippen LogP contribution in [0, 0.1) is 17.3 Å². The number of carbonyl (C=O) groups excluding carboxylic acids is 4. The molecule has 0 unspecified atom stereocenters. The van der Waals surface area contributed by atoms with Gasteiger partial charge in [0, 0.05) is 23.8 Å². The van der Waals surface area contributed by atoms with E-state index in [0.29, 0.717) is 5.56 Å². The molecule has 9 nitrogen and oxygen atoms in total. The number of ketones is 3. The van der Waals surface area contributed by atoms with Crippen LogP contribution in [0.5, 0.6) is 5.75 Å². The average molecular weight is 484 g/mol. The van der Waals surface area contributed by atoms with Crippen molar-refractivity contribution < 1.29 is 39.6 Å². The number of aliphatic hydroxyl groups excluding tert-OH is 2. The summed E-state index contributed by atoms with van der Waals surface area (Å²) in [5.41, 5.74) is -4.24. The number of fused-ring (bicyclic) bond motifs is 3. The minimum absolute atomic E-state index is 0.0405. The number of Topliss-reactive ketones (excluding diaryl/α,β-unsaturated/α-hetero) is 3. The highest BCUT2D eigenvalue weighted by Gasteiger charge is 2.66. The first-order valence-corrected chi connectivity index (χ1v) is 11.6. The Bertz CT molecular complexity index is 1260. The van der Waals surface area contributed by atoms with Gasteiger partial charge in [0.1, 0.15) is 22.8 Å². The number of aromatic hydroxyl groups is 1. The minimum Gasteiger partial charge on any atom is -0.508 e. The van der Waals surface area contributed by atoms with Crippen molar-refractivity contribution in [2.45, 2.75) is 59.0 Å². The summed E-state index contributed by atoms with van der Waals surface area (Å²) in [6.45, 7) is 6.31. The molecular formula is C26H29NO8. The van der Waals surface area contributed by atoms with Gasteiger partial charge in [-0.2, -0.15) is 0 Å². The van der Waals surface area contributed by atoms with Crippen molar-refractivity contribution in [3.63, 3.8) is 0 Å². The maximum atomic E-state index is 13.7. The van der Waals surface area contributed by atoms with Crippen LogP contribution in [0.3, 0.4) is 0 Å². The summed E-state index contributed by atoms with van der Waals surface area (Å²) >= 11 is 0. The van der Waals surface area contributed by atoms with E-state index in [1.54, 1.807) is 6.07 Å². The summed E-state index contributed by atoms with van der Waals surface area (Å²) in [6.07, 6.45) is 0.192. The molecule has 35 heavy (non-hydrogen) atoms. The van der Waals surface area contributed by atoms with Crippen molar-refractivity contribution in [2.75, 3.05) is 5.32 Å². The second-order valence-corrected chi connectivity index (χ2v) is 10.5. The van der Waals surface area contributed by atoms with Gasteiger partial charge in [-0.05, 0) is 43.2 Å². The van der Waals surface area contributed by atoms with Crippen LogP contribution in [0.15, 0.2) is 29.0 Å². The third-order valence-electron chi connectivity index (χ3n) is 7.40. The monoisotopic (exact) mass is 483 g/mol. The summed E-state index contributed by atoms with van der Waals surface area (Å²) in [4.78, 5) is 50.5. The molecule has 0 aliphatic heterocycles.